The van der Waals surface area contributed by atoms with Crippen molar-refractivity contribution >= 4 is 5.91 Å². The first-order chi connectivity index (χ1) is 11.9. The fourth-order valence-electron chi connectivity index (χ4n) is 2.87. The van der Waals surface area contributed by atoms with Gasteiger partial charge in [0.1, 0.15) is 17.7 Å². The summed E-state index contributed by atoms with van der Waals surface area (Å²) in [6.45, 7) is 3.73. The number of rotatable bonds is 4. The van der Waals surface area contributed by atoms with E-state index in [-0.39, 0.29) is 17.8 Å². The van der Waals surface area contributed by atoms with Crippen molar-refractivity contribution in [3.8, 4) is 0 Å². The summed E-state index contributed by atoms with van der Waals surface area (Å²) in [6, 6.07) is 4.58. The third kappa shape index (κ3) is 4.05. The Labute approximate surface area is 146 Å². The highest BCUT2D eigenvalue weighted by Gasteiger charge is 2.28. The fourth-order valence-corrected chi connectivity index (χ4v) is 2.87. The molecule has 134 valence electrons. The molecule has 0 unspecified atom stereocenters. The number of hydrogen-bond acceptors (Lipinski definition) is 4. The number of morpholine rings is 1. The Bertz CT molecular complexity index is 759. The molecule has 6 nitrogen and oxygen atoms in total. The Morgan fingerprint density at radius 2 is 2.28 bits per heavy atom. The molecule has 1 amide bonds. The summed E-state index contributed by atoms with van der Waals surface area (Å²) in [7, 11) is 3.97. The number of hydrogen-bond donors (Lipinski definition) is 1. The number of nitrogens with zero attached hydrogens (tertiary/aromatic N) is 3. The molecule has 2 aromatic rings. The molecule has 1 aliphatic rings. The number of benzene rings is 1. The highest BCUT2D eigenvalue weighted by molar-refractivity contribution is 5.94. The first-order valence-electron chi connectivity index (χ1n) is 8.29. The minimum Gasteiger partial charge on any atom is -0.367 e. The van der Waals surface area contributed by atoms with Crippen molar-refractivity contribution < 1.29 is 13.9 Å². The molecule has 1 aromatic carbocycles. The van der Waals surface area contributed by atoms with Crippen LogP contribution in [0.1, 0.15) is 33.5 Å². The van der Waals surface area contributed by atoms with Crippen LogP contribution in [0.25, 0.3) is 0 Å². The summed E-state index contributed by atoms with van der Waals surface area (Å²) in [4.78, 5) is 24.0. The van der Waals surface area contributed by atoms with E-state index in [1.807, 2.05) is 19.0 Å². The number of imidazole rings is 1. The Balaban J connectivity index is 1.71. The third-order valence-electron chi connectivity index (χ3n) is 4.21. The van der Waals surface area contributed by atoms with E-state index in [9.17, 15) is 9.18 Å². The third-order valence-corrected chi connectivity index (χ3v) is 4.21. The molecule has 1 N–H and O–H groups in total. The molecule has 1 fully saturated rings. The van der Waals surface area contributed by atoms with Crippen LogP contribution in [0.15, 0.2) is 24.4 Å². The zero-order valence-electron chi connectivity index (χ0n) is 14.8. The second kappa shape index (κ2) is 7.33. The molecule has 0 spiro atoms. The van der Waals surface area contributed by atoms with Gasteiger partial charge in [0.25, 0.3) is 5.91 Å². The van der Waals surface area contributed by atoms with E-state index < -0.39 is 0 Å². The van der Waals surface area contributed by atoms with Crippen LogP contribution in [0.2, 0.25) is 0 Å². The van der Waals surface area contributed by atoms with Crippen LogP contribution >= 0.6 is 0 Å². The van der Waals surface area contributed by atoms with Gasteiger partial charge in [-0.25, -0.2) is 9.37 Å². The van der Waals surface area contributed by atoms with E-state index in [0.29, 0.717) is 36.6 Å². The van der Waals surface area contributed by atoms with Gasteiger partial charge >= 0.3 is 0 Å². The average Bonchev–Trinajstić information content (AvgIpc) is 3.04. The SMILES string of the molecule is Cc1ccc(C(=O)N2CCO[C@H](c3ncc(CN(C)C)[nH]3)C2)cc1F. The lowest BCUT2D eigenvalue weighted by Gasteiger charge is -2.32. The highest BCUT2D eigenvalue weighted by atomic mass is 19.1. The van der Waals surface area contributed by atoms with E-state index in [1.54, 1.807) is 30.2 Å². The number of nitrogens with one attached hydrogen (secondary N) is 1. The van der Waals surface area contributed by atoms with E-state index in [0.717, 1.165) is 12.2 Å². The minimum atomic E-state index is -0.366. The van der Waals surface area contributed by atoms with Gasteiger partial charge in [-0.15, -0.1) is 0 Å². The lowest BCUT2D eigenvalue weighted by molar-refractivity contribution is -0.0265. The van der Waals surface area contributed by atoms with Crippen molar-refractivity contribution in [1.29, 1.82) is 0 Å². The second-order valence-corrected chi connectivity index (χ2v) is 6.61. The summed E-state index contributed by atoms with van der Waals surface area (Å²) >= 11 is 0. The highest BCUT2D eigenvalue weighted by Crippen LogP contribution is 2.22. The van der Waals surface area contributed by atoms with Gasteiger partial charge in [-0.2, -0.15) is 0 Å². The van der Waals surface area contributed by atoms with Crippen LogP contribution < -0.4 is 0 Å². The first-order valence-corrected chi connectivity index (χ1v) is 8.29. The Kier molecular flexibility index (Phi) is 5.15. The molecule has 1 aliphatic heterocycles. The molecule has 3 rings (SSSR count). The molecule has 0 bridgehead atoms. The van der Waals surface area contributed by atoms with Crippen LogP contribution in [0, 0.1) is 12.7 Å². The van der Waals surface area contributed by atoms with Crippen LogP contribution in [0.3, 0.4) is 0 Å². The van der Waals surface area contributed by atoms with Gasteiger partial charge in [0.05, 0.1) is 13.2 Å². The topological polar surface area (TPSA) is 61.5 Å². The van der Waals surface area contributed by atoms with E-state index in [1.165, 1.54) is 6.07 Å². The zero-order valence-corrected chi connectivity index (χ0v) is 14.8. The van der Waals surface area contributed by atoms with Crippen molar-refractivity contribution in [2.45, 2.75) is 19.6 Å². The summed E-state index contributed by atoms with van der Waals surface area (Å²) in [6.07, 6.45) is 1.48. The first kappa shape index (κ1) is 17.6. The predicted octanol–water partition coefficient (Wildman–Crippen LogP) is 2.13. The normalized spacial score (nSPS) is 18.0. The Morgan fingerprint density at radius 3 is 3.00 bits per heavy atom. The van der Waals surface area contributed by atoms with Gasteiger partial charge in [0.2, 0.25) is 0 Å². The molecule has 1 atom stereocenters. The number of H-pyrrole nitrogens is 1. The zero-order chi connectivity index (χ0) is 18.0. The van der Waals surface area contributed by atoms with E-state index >= 15 is 0 Å². The number of aromatic amines is 1. The van der Waals surface area contributed by atoms with Crippen LogP contribution in [-0.2, 0) is 11.3 Å². The van der Waals surface area contributed by atoms with Crippen LogP contribution in [0.4, 0.5) is 4.39 Å². The van der Waals surface area contributed by atoms with Crippen molar-refractivity contribution in [2.75, 3.05) is 33.8 Å². The number of amides is 1. The largest absolute Gasteiger partial charge is 0.367 e. The van der Waals surface area contributed by atoms with Gasteiger partial charge in [0.15, 0.2) is 0 Å². The molecule has 1 saturated heterocycles. The summed E-state index contributed by atoms with van der Waals surface area (Å²) in [5, 5.41) is 0. The van der Waals surface area contributed by atoms with Crippen molar-refractivity contribution in [1.82, 2.24) is 19.8 Å². The van der Waals surface area contributed by atoms with Gasteiger partial charge in [-0.1, -0.05) is 6.07 Å². The smallest absolute Gasteiger partial charge is 0.254 e. The van der Waals surface area contributed by atoms with Gasteiger partial charge in [0, 0.05) is 30.5 Å². The van der Waals surface area contributed by atoms with E-state index in [4.69, 9.17) is 4.74 Å². The molecule has 25 heavy (non-hydrogen) atoms. The van der Waals surface area contributed by atoms with Crippen LogP contribution in [0.5, 0.6) is 0 Å². The standard InChI is InChI=1S/C18H23FN4O2/c1-12-4-5-13(8-15(12)19)18(24)23-6-7-25-16(11-23)17-20-9-14(21-17)10-22(2)3/h4-5,8-9,16H,6-7,10-11H2,1-3H3,(H,20,21)/t16-/m0/s1. The Hall–Kier alpha value is -2.25. The molecule has 0 radical (unpaired) electrons. The number of carbonyl (C=O) groups is 1. The monoisotopic (exact) mass is 346 g/mol. The number of ether oxygens (including phenoxy) is 1. The van der Waals surface area contributed by atoms with Crippen LogP contribution in [-0.4, -0.2) is 59.5 Å². The maximum atomic E-state index is 13.7. The number of aryl methyl sites for hydroxylation is 1. The predicted molar refractivity (Wildman–Crippen MR) is 91.7 cm³/mol. The van der Waals surface area contributed by atoms with Crippen molar-refractivity contribution in [3.05, 3.63) is 52.9 Å². The Morgan fingerprint density at radius 1 is 1.48 bits per heavy atom. The number of carbonyl (C=O) groups excluding carboxylic acids is 1. The second-order valence-electron chi connectivity index (χ2n) is 6.61. The molecular weight excluding hydrogens is 323 g/mol. The lowest BCUT2D eigenvalue weighted by atomic mass is 10.1. The molecule has 1 aromatic heterocycles. The van der Waals surface area contributed by atoms with E-state index in [2.05, 4.69) is 9.97 Å². The summed E-state index contributed by atoms with van der Waals surface area (Å²) in [5.74, 6) is 0.159. The summed E-state index contributed by atoms with van der Waals surface area (Å²) in [5.41, 5.74) is 1.88. The molecule has 0 saturated carbocycles. The molecule has 0 aliphatic carbocycles. The quantitative estimate of drug-likeness (QED) is 0.921. The average molecular weight is 346 g/mol. The number of halogens is 1. The molecule has 2 heterocycles. The lowest BCUT2D eigenvalue weighted by Crippen LogP contribution is -2.42. The fraction of sp³-hybridized carbons (Fsp3) is 0.444. The molecular formula is C18H23FN4O2. The minimum absolute atomic E-state index is 0.188. The van der Waals surface area contributed by atoms with Gasteiger partial charge in [-0.05, 0) is 38.7 Å². The number of aromatic nitrogens is 2. The van der Waals surface area contributed by atoms with Crippen molar-refractivity contribution in [2.24, 2.45) is 0 Å². The maximum Gasteiger partial charge on any atom is 0.254 e. The van der Waals surface area contributed by atoms with Gasteiger partial charge in [-0.3, -0.25) is 4.79 Å². The maximum absolute atomic E-state index is 13.7. The summed E-state index contributed by atoms with van der Waals surface area (Å²) < 4.78 is 19.5. The molecule has 7 heteroatoms. The van der Waals surface area contributed by atoms with Gasteiger partial charge < -0.3 is 19.5 Å². The van der Waals surface area contributed by atoms with Crippen molar-refractivity contribution in [3.63, 3.8) is 0 Å².